The molecule has 0 fully saturated rings. The first-order valence-electron chi connectivity index (χ1n) is 13.3. The summed E-state index contributed by atoms with van der Waals surface area (Å²) in [5, 5.41) is 3.39. The highest BCUT2D eigenvalue weighted by atomic mass is 35.5. The van der Waals surface area contributed by atoms with E-state index < -0.39 is 28.5 Å². The average Bonchev–Trinajstić information content (AvgIpc) is 2.89. The van der Waals surface area contributed by atoms with Crippen molar-refractivity contribution in [3.63, 3.8) is 0 Å². The van der Waals surface area contributed by atoms with Gasteiger partial charge in [0.25, 0.3) is 10.0 Å². The number of hydrogen-bond donors (Lipinski definition) is 1. The predicted molar refractivity (Wildman–Crippen MR) is 161 cm³/mol. The quantitative estimate of drug-likeness (QED) is 0.316. The second-order valence-electron chi connectivity index (χ2n) is 10.6. The van der Waals surface area contributed by atoms with Gasteiger partial charge in [0.1, 0.15) is 12.6 Å². The molecule has 0 spiro atoms. The Labute approximate surface area is 243 Å². The van der Waals surface area contributed by atoms with E-state index in [-0.39, 0.29) is 23.3 Å². The van der Waals surface area contributed by atoms with Gasteiger partial charge in [0.2, 0.25) is 11.8 Å². The number of halogens is 1. The first-order chi connectivity index (χ1) is 18.8. The number of rotatable bonds is 11. The van der Waals surface area contributed by atoms with E-state index in [1.807, 2.05) is 52.8 Å². The molecule has 3 rings (SSSR count). The van der Waals surface area contributed by atoms with Crippen molar-refractivity contribution in [3.8, 4) is 0 Å². The molecule has 3 aromatic carbocycles. The van der Waals surface area contributed by atoms with Crippen LogP contribution in [0.1, 0.15) is 43.0 Å². The van der Waals surface area contributed by atoms with Crippen molar-refractivity contribution in [1.82, 2.24) is 10.2 Å². The van der Waals surface area contributed by atoms with E-state index in [0.717, 1.165) is 21.0 Å². The van der Waals surface area contributed by atoms with E-state index in [1.165, 1.54) is 17.0 Å². The normalized spacial score (nSPS) is 12.2. The zero-order chi connectivity index (χ0) is 29.6. The van der Waals surface area contributed by atoms with Crippen molar-refractivity contribution in [2.45, 2.75) is 59.0 Å². The topological polar surface area (TPSA) is 86.8 Å². The minimum Gasteiger partial charge on any atom is -0.354 e. The van der Waals surface area contributed by atoms with Crippen LogP contribution in [0.15, 0.2) is 71.6 Å². The number of carbonyl (C=O) groups is 2. The Balaban J connectivity index is 2.05. The predicted octanol–water partition coefficient (Wildman–Crippen LogP) is 5.65. The minimum atomic E-state index is -4.12. The number of nitrogens with zero attached hydrogens (tertiary/aromatic N) is 2. The molecular weight excluding hydrogens is 546 g/mol. The second-order valence-corrected chi connectivity index (χ2v) is 12.9. The van der Waals surface area contributed by atoms with E-state index in [0.29, 0.717) is 22.8 Å². The van der Waals surface area contributed by atoms with Crippen LogP contribution in [0.25, 0.3) is 0 Å². The van der Waals surface area contributed by atoms with Gasteiger partial charge in [0, 0.05) is 18.1 Å². The molecule has 0 aliphatic heterocycles. The summed E-state index contributed by atoms with van der Waals surface area (Å²) >= 11 is 6.20. The Morgan fingerprint density at radius 3 is 2.15 bits per heavy atom. The molecule has 1 unspecified atom stereocenters. The van der Waals surface area contributed by atoms with Gasteiger partial charge >= 0.3 is 0 Å². The monoisotopic (exact) mass is 583 g/mol. The number of anilines is 1. The van der Waals surface area contributed by atoms with Gasteiger partial charge in [-0.1, -0.05) is 73.0 Å². The van der Waals surface area contributed by atoms with Crippen LogP contribution in [-0.2, 0) is 26.2 Å². The van der Waals surface area contributed by atoms with Crippen LogP contribution in [0.5, 0.6) is 0 Å². The third-order valence-electron chi connectivity index (χ3n) is 6.60. The van der Waals surface area contributed by atoms with E-state index in [2.05, 4.69) is 5.32 Å². The lowest BCUT2D eigenvalue weighted by Crippen LogP contribution is -2.51. The molecule has 214 valence electrons. The van der Waals surface area contributed by atoms with Crippen molar-refractivity contribution in [2.75, 3.05) is 17.4 Å². The lowest BCUT2D eigenvalue weighted by atomic mass is 10.1. The summed E-state index contributed by atoms with van der Waals surface area (Å²) in [5.74, 6) is -0.598. The van der Waals surface area contributed by atoms with E-state index in [1.54, 1.807) is 43.3 Å². The third-order valence-corrected chi connectivity index (χ3v) is 8.61. The van der Waals surface area contributed by atoms with Crippen LogP contribution in [0.2, 0.25) is 5.02 Å². The first-order valence-corrected chi connectivity index (χ1v) is 15.1. The summed E-state index contributed by atoms with van der Waals surface area (Å²) in [4.78, 5) is 28.6. The Morgan fingerprint density at radius 2 is 1.55 bits per heavy atom. The number of sulfonamides is 1. The van der Waals surface area contributed by atoms with Gasteiger partial charge in [-0.15, -0.1) is 0 Å². The van der Waals surface area contributed by atoms with Crippen molar-refractivity contribution in [1.29, 1.82) is 0 Å². The fraction of sp³-hybridized carbons (Fsp3) is 0.355. The molecular formula is C31H38ClN3O4S. The van der Waals surface area contributed by atoms with E-state index in [4.69, 9.17) is 11.6 Å². The summed E-state index contributed by atoms with van der Waals surface area (Å²) < 4.78 is 29.1. The SMILES string of the molecule is Cc1ccc(S(=O)(=O)N(CC(=O)N(Cc2cccc(Cl)c2)C(C)C(=O)NCC(C)C)c2ccc(C)cc2C)cc1. The number of carbonyl (C=O) groups excluding carboxylic acids is 2. The standard InChI is InChI=1S/C31H38ClN3O4S/c1-21(2)18-33-31(37)25(6)34(19-26-8-7-9-27(32)17-26)30(36)20-35(29-15-12-23(4)16-24(29)5)40(38,39)28-13-10-22(3)11-14-28/h7-17,21,25H,18-20H2,1-6H3,(H,33,37). The van der Waals surface area contributed by atoms with Gasteiger partial charge < -0.3 is 10.2 Å². The van der Waals surface area contributed by atoms with Crippen molar-refractivity contribution in [3.05, 3.63) is 94.0 Å². The van der Waals surface area contributed by atoms with Crippen LogP contribution < -0.4 is 9.62 Å². The second kappa shape index (κ2) is 13.3. The van der Waals surface area contributed by atoms with Crippen molar-refractivity contribution in [2.24, 2.45) is 5.92 Å². The zero-order valence-corrected chi connectivity index (χ0v) is 25.5. The highest BCUT2D eigenvalue weighted by Gasteiger charge is 2.33. The molecule has 3 aromatic rings. The summed E-state index contributed by atoms with van der Waals surface area (Å²) in [6.07, 6.45) is 0. The molecule has 1 N–H and O–H groups in total. The van der Waals surface area contributed by atoms with Crippen LogP contribution in [0.3, 0.4) is 0 Å². The van der Waals surface area contributed by atoms with Gasteiger partial charge in [-0.3, -0.25) is 13.9 Å². The third kappa shape index (κ3) is 7.86. The summed E-state index contributed by atoms with van der Waals surface area (Å²) in [6.45, 7) is 11.3. The molecule has 0 saturated heterocycles. The molecule has 0 radical (unpaired) electrons. The maximum atomic E-state index is 14.0. The Morgan fingerprint density at radius 1 is 0.900 bits per heavy atom. The average molecular weight is 584 g/mol. The van der Waals surface area contributed by atoms with Gasteiger partial charge in [-0.25, -0.2) is 8.42 Å². The van der Waals surface area contributed by atoms with Crippen LogP contribution >= 0.6 is 11.6 Å². The summed E-state index contributed by atoms with van der Waals surface area (Å²) in [6, 6.07) is 18.1. The van der Waals surface area contributed by atoms with Crippen LogP contribution in [-0.4, -0.2) is 44.3 Å². The Bertz CT molecular complexity index is 1460. The summed E-state index contributed by atoms with van der Waals surface area (Å²) in [7, 11) is -4.12. The molecule has 1 atom stereocenters. The first kappa shape index (κ1) is 31.2. The van der Waals surface area contributed by atoms with E-state index >= 15 is 0 Å². The smallest absolute Gasteiger partial charge is 0.264 e. The molecule has 0 aliphatic carbocycles. The number of nitrogens with one attached hydrogen (secondary N) is 1. The molecule has 2 amide bonds. The number of aryl methyl sites for hydroxylation is 3. The summed E-state index contributed by atoms with van der Waals surface area (Å²) in [5.41, 5.74) is 3.73. The minimum absolute atomic E-state index is 0.0787. The Kier molecular flexibility index (Phi) is 10.4. The maximum absolute atomic E-state index is 14.0. The number of benzene rings is 3. The largest absolute Gasteiger partial charge is 0.354 e. The van der Waals surface area contributed by atoms with E-state index in [9.17, 15) is 18.0 Å². The number of hydrogen-bond acceptors (Lipinski definition) is 4. The molecule has 40 heavy (non-hydrogen) atoms. The molecule has 9 heteroatoms. The molecule has 0 aromatic heterocycles. The molecule has 0 aliphatic rings. The number of amides is 2. The highest BCUT2D eigenvalue weighted by Crippen LogP contribution is 2.28. The lowest BCUT2D eigenvalue weighted by Gasteiger charge is -2.32. The van der Waals surface area contributed by atoms with Crippen molar-refractivity contribution >= 4 is 39.1 Å². The van der Waals surface area contributed by atoms with Gasteiger partial charge in [-0.2, -0.15) is 0 Å². The molecule has 7 nitrogen and oxygen atoms in total. The van der Waals surface area contributed by atoms with Gasteiger partial charge in [0.05, 0.1) is 10.6 Å². The molecule has 0 saturated carbocycles. The van der Waals surface area contributed by atoms with Crippen LogP contribution in [0.4, 0.5) is 5.69 Å². The molecule has 0 bridgehead atoms. The lowest BCUT2D eigenvalue weighted by molar-refractivity contribution is -0.139. The van der Waals surface area contributed by atoms with Crippen molar-refractivity contribution < 1.29 is 18.0 Å². The highest BCUT2D eigenvalue weighted by molar-refractivity contribution is 7.92. The van der Waals surface area contributed by atoms with Crippen LogP contribution in [0, 0.1) is 26.7 Å². The zero-order valence-electron chi connectivity index (χ0n) is 23.9. The molecule has 0 heterocycles. The van der Waals surface area contributed by atoms with Gasteiger partial charge in [-0.05, 0) is 75.1 Å². The fourth-order valence-corrected chi connectivity index (χ4v) is 5.99. The fourth-order valence-electron chi connectivity index (χ4n) is 4.30. The van der Waals surface area contributed by atoms with Gasteiger partial charge in [0.15, 0.2) is 0 Å². The Hall–Kier alpha value is -3.36. The maximum Gasteiger partial charge on any atom is 0.264 e.